The van der Waals surface area contributed by atoms with Gasteiger partial charge in [-0.2, -0.15) is 0 Å². The van der Waals surface area contributed by atoms with E-state index in [0.29, 0.717) is 42.0 Å². The summed E-state index contributed by atoms with van der Waals surface area (Å²) in [5, 5.41) is 6.73. The quantitative estimate of drug-likeness (QED) is 0.296. The van der Waals surface area contributed by atoms with Crippen LogP contribution in [0.25, 0.3) is 0 Å². The minimum atomic E-state index is -0.238. The number of guanidine groups is 1. The van der Waals surface area contributed by atoms with Crippen molar-refractivity contribution >= 4 is 41.5 Å². The van der Waals surface area contributed by atoms with Crippen LogP contribution in [0.1, 0.15) is 5.56 Å². The summed E-state index contributed by atoms with van der Waals surface area (Å²) in [6.45, 7) is 1.34. The van der Waals surface area contributed by atoms with Gasteiger partial charge >= 0.3 is 0 Å². The van der Waals surface area contributed by atoms with Crippen molar-refractivity contribution in [2.75, 3.05) is 20.2 Å². The molecule has 130 valence electrons. The van der Waals surface area contributed by atoms with Gasteiger partial charge in [-0.1, -0.05) is 41.9 Å². The standard InChI is InChI=1S/C17H19ClFN3O.HI/c1-20-17(22-12-13-6-2-4-8-15(13)19)21-10-11-23-16-9-5-3-7-14(16)18;/h2-9H,10-12H2,1H3,(H2,20,21,22);1H. The Morgan fingerprint density at radius 3 is 2.54 bits per heavy atom. The van der Waals surface area contributed by atoms with E-state index in [0.717, 1.165) is 0 Å². The van der Waals surface area contributed by atoms with Crippen molar-refractivity contribution in [2.45, 2.75) is 6.54 Å². The molecule has 0 aliphatic rings. The van der Waals surface area contributed by atoms with Gasteiger partial charge in [0, 0.05) is 19.2 Å². The first-order chi connectivity index (χ1) is 11.2. The van der Waals surface area contributed by atoms with Gasteiger partial charge in [-0.25, -0.2) is 4.39 Å². The van der Waals surface area contributed by atoms with E-state index in [1.165, 1.54) is 6.07 Å². The van der Waals surface area contributed by atoms with Crippen molar-refractivity contribution in [3.63, 3.8) is 0 Å². The average molecular weight is 464 g/mol. The van der Waals surface area contributed by atoms with Crippen molar-refractivity contribution in [1.82, 2.24) is 10.6 Å². The molecule has 2 aromatic carbocycles. The fourth-order valence-corrected chi connectivity index (χ4v) is 2.12. The van der Waals surface area contributed by atoms with E-state index in [1.807, 2.05) is 18.2 Å². The second kappa shape index (κ2) is 11.1. The van der Waals surface area contributed by atoms with Gasteiger partial charge in [0.05, 0.1) is 11.6 Å². The van der Waals surface area contributed by atoms with Crippen LogP contribution < -0.4 is 15.4 Å². The lowest BCUT2D eigenvalue weighted by atomic mass is 10.2. The molecule has 4 nitrogen and oxygen atoms in total. The number of rotatable bonds is 6. The Morgan fingerprint density at radius 2 is 1.83 bits per heavy atom. The Balaban J connectivity index is 0.00000288. The highest BCUT2D eigenvalue weighted by atomic mass is 127. The lowest BCUT2D eigenvalue weighted by molar-refractivity contribution is 0.322. The normalized spacial score (nSPS) is 10.7. The van der Waals surface area contributed by atoms with Crippen molar-refractivity contribution < 1.29 is 9.13 Å². The van der Waals surface area contributed by atoms with E-state index in [2.05, 4.69) is 15.6 Å². The van der Waals surface area contributed by atoms with E-state index in [-0.39, 0.29) is 29.8 Å². The summed E-state index contributed by atoms with van der Waals surface area (Å²) in [5.74, 6) is 0.985. The topological polar surface area (TPSA) is 45.7 Å². The van der Waals surface area contributed by atoms with Crippen molar-refractivity contribution in [2.24, 2.45) is 4.99 Å². The molecule has 0 saturated carbocycles. The molecule has 0 fully saturated rings. The number of hydrogen-bond acceptors (Lipinski definition) is 2. The summed E-state index contributed by atoms with van der Waals surface area (Å²) in [6.07, 6.45) is 0. The number of benzene rings is 2. The highest BCUT2D eigenvalue weighted by molar-refractivity contribution is 14.0. The SMILES string of the molecule is CN=C(NCCOc1ccccc1Cl)NCc1ccccc1F.I. The zero-order valence-electron chi connectivity index (χ0n) is 13.3. The smallest absolute Gasteiger partial charge is 0.191 e. The first-order valence-corrected chi connectivity index (χ1v) is 7.63. The summed E-state index contributed by atoms with van der Waals surface area (Å²) in [5.41, 5.74) is 0.586. The van der Waals surface area contributed by atoms with Gasteiger partial charge in [-0.15, -0.1) is 24.0 Å². The molecule has 0 atom stereocenters. The van der Waals surface area contributed by atoms with Crippen LogP contribution in [-0.4, -0.2) is 26.2 Å². The number of nitrogens with one attached hydrogen (secondary N) is 2. The van der Waals surface area contributed by atoms with E-state index in [9.17, 15) is 4.39 Å². The van der Waals surface area contributed by atoms with Gasteiger partial charge in [-0.05, 0) is 18.2 Å². The minimum absolute atomic E-state index is 0. The first kappa shape index (κ1) is 20.5. The van der Waals surface area contributed by atoms with Crippen molar-refractivity contribution in [3.05, 3.63) is 64.9 Å². The van der Waals surface area contributed by atoms with Crippen LogP contribution in [0, 0.1) is 5.82 Å². The summed E-state index contributed by atoms with van der Waals surface area (Å²) < 4.78 is 19.1. The van der Waals surface area contributed by atoms with Crippen LogP contribution >= 0.6 is 35.6 Å². The van der Waals surface area contributed by atoms with Crippen LogP contribution in [-0.2, 0) is 6.54 Å². The molecule has 0 aliphatic heterocycles. The van der Waals surface area contributed by atoms with Crippen molar-refractivity contribution in [1.29, 1.82) is 0 Å². The molecule has 0 heterocycles. The van der Waals surface area contributed by atoms with E-state index in [1.54, 1.807) is 31.3 Å². The third-order valence-electron chi connectivity index (χ3n) is 3.12. The third kappa shape index (κ3) is 6.52. The number of aliphatic imine (C=N–C) groups is 1. The van der Waals surface area contributed by atoms with E-state index in [4.69, 9.17) is 16.3 Å². The number of halogens is 3. The van der Waals surface area contributed by atoms with Crippen LogP contribution in [0.2, 0.25) is 5.02 Å². The summed E-state index contributed by atoms with van der Waals surface area (Å²) in [6, 6.07) is 13.9. The molecule has 0 aliphatic carbocycles. The van der Waals surface area contributed by atoms with Crippen LogP contribution in [0.5, 0.6) is 5.75 Å². The second-order valence-electron chi connectivity index (χ2n) is 4.72. The van der Waals surface area contributed by atoms with Crippen LogP contribution in [0.3, 0.4) is 0 Å². The van der Waals surface area contributed by atoms with Crippen LogP contribution in [0.4, 0.5) is 4.39 Å². The van der Waals surface area contributed by atoms with Gasteiger partial charge in [0.15, 0.2) is 5.96 Å². The van der Waals surface area contributed by atoms with E-state index < -0.39 is 0 Å². The molecule has 24 heavy (non-hydrogen) atoms. The Morgan fingerprint density at radius 1 is 1.12 bits per heavy atom. The Kier molecular flexibility index (Phi) is 9.48. The van der Waals surface area contributed by atoms with Gasteiger partial charge in [0.2, 0.25) is 0 Å². The highest BCUT2D eigenvalue weighted by Gasteiger charge is 2.03. The average Bonchev–Trinajstić information content (AvgIpc) is 2.57. The maximum absolute atomic E-state index is 13.5. The fraction of sp³-hybridized carbons (Fsp3) is 0.235. The molecule has 0 saturated heterocycles. The molecule has 7 heteroatoms. The maximum Gasteiger partial charge on any atom is 0.191 e. The molecular weight excluding hydrogens is 444 g/mol. The van der Waals surface area contributed by atoms with Gasteiger partial charge in [0.25, 0.3) is 0 Å². The van der Waals surface area contributed by atoms with Gasteiger partial charge in [-0.3, -0.25) is 4.99 Å². The minimum Gasteiger partial charge on any atom is -0.490 e. The molecule has 0 aromatic heterocycles. The highest BCUT2D eigenvalue weighted by Crippen LogP contribution is 2.22. The zero-order chi connectivity index (χ0) is 16.5. The van der Waals surface area contributed by atoms with Crippen LogP contribution in [0.15, 0.2) is 53.5 Å². The third-order valence-corrected chi connectivity index (χ3v) is 3.43. The van der Waals surface area contributed by atoms with Gasteiger partial charge < -0.3 is 15.4 Å². The largest absolute Gasteiger partial charge is 0.490 e. The monoisotopic (exact) mass is 463 g/mol. The van der Waals surface area contributed by atoms with E-state index >= 15 is 0 Å². The molecule has 0 amide bonds. The number of ether oxygens (including phenoxy) is 1. The Hall–Kier alpha value is -1.54. The lowest BCUT2D eigenvalue weighted by Crippen LogP contribution is -2.39. The summed E-state index contributed by atoms with van der Waals surface area (Å²) >= 11 is 6.01. The predicted octanol–water partition coefficient (Wildman–Crippen LogP) is 3.84. The zero-order valence-corrected chi connectivity index (χ0v) is 16.3. The molecule has 0 unspecified atom stereocenters. The van der Waals surface area contributed by atoms with Crippen molar-refractivity contribution in [3.8, 4) is 5.75 Å². The molecule has 2 rings (SSSR count). The Labute approximate surface area is 163 Å². The number of para-hydroxylation sites is 1. The molecule has 0 radical (unpaired) electrons. The molecule has 2 N–H and O–H groups in total. The molecule has 0 bridgehead atoms. The number of hydrogen-bond donors (Lipinski definition) is 2. The molecular formula is C17H20ClFIN3O. The van der Waals surface area contributed by atoms with Gasteiger partial charge in [0.1, 0.15) is 18.2 Å². The fourth-order valence-electron chi connectivity index (χ4n) is 1.93. The second-order valence-corrected chi connectivity index (χ2v) is 5.13. The molecule has 0 spiro atoms. The first-order valence-electron chi connectivity index (χ1n) is 7.26. The number of nitrogens with zero attached hydrogens (tertiary/aromatic N) is 1. The summed E-state index contributed by atoms with van der Waals surface area (Å²) in [7, 11) is 1.66. The Bertz CT molecular complexity index is 670. The lowest BCUT2D eigenvalue weighted by Gasteiger charge is -2.13. The summed E-state index contributed by atoms with van der Waals surface area (Å²) in [4.78, 5) is 4.09. The molecule has 2 aromatic rings. The maximum atomic E-state index is 13.5. The predicted molar refractivity (Wildman–Crippen MR) is 107 cm³/mol.